The molecule has 1 amide bonds. The molecule has 0 aliphatic carbocycles. The van der Waals surface area contributed by atoms with Gasteiger partial charge in [0.25, 0.3) is 0 Å². The molecule has 1 aromatic carbocycles. The van der Waals surface area contributed by atoms with Gasteiger partial charge >= 0.3 is 0 Å². The molecule has 1 aliphatic rings. The van der Waals surface area contributed by atoms with Crippen molar-refractivity contribution >= 4 is 27.3 Å². The van der Waals surface area contributed by atoms with E-state index < -0.39 is 10.0 Å². The molecule has 3 rings (SSSR count). The van der Waals surface area contributed by atoms with E-state index in [2.05, 4.69) is 27.4 Å². The molecule has 0 N–H and O–H groups in total. The topological polar surface area (TPSA) is 57.7 Å². The summed E-state index contributed by atoms with van der Waals surface area (Å²) in [7, 11) is -3.55. The van der Waals surface area contributed by atoms with Crippen LogP contribution in [0.4, 0.5) is 0 Å². The third-order valence-electron chi connectivity index (χ3n) is 5.75. The number of hydrogen-bond acceptors (Lipinski definition) is 4. The first-order valence-corrected chi connectivity index (χ1v) is 13.0. The molecule has 7 heteroatoms. The van der Waals surface area contributed by atoms with Gasteiger partial charge in [-0.25, -0.2) is 8.42 Å². The number of amides is 1. The second-order valence-electron chi connectivity index (χ2n) is 9.04. The van der Waals surface area contributed by atoms with Crippen molar-refractivity contribution in [1.82, 2.24) is 9.21 Å². The lowest BCUT2D eigenvalue weighted by Crippen LogP contribution is -2.44. The van der Waals surface area contributed by atoms with Gasteiger partial charge in [-0.1, -0.05) is 45.0 Å². The lowest BCUT2D eigenvalue weighted by atomic mass is 9.87. The summed E-state index contributed by atoms with van der Waals surface area (Å²) in [5, 5.41) is 2.00. The number of rotatable bonds is 7. The van der Waals surface area contributed by atoms with Crippen LogP contribution in [0, 0.1) is 5.92 Å². The average Bonchev–Trinajstić information content (AvgIpc) is 3.26. The Morgan fingerprint density at radius 1 is 1.19 bits per heavy atom. The zero-order valence-corrected chi connectivity index (χ0v) is 20.2. The van der Waals surface area contributed by atoms with Gasteiger partial charge in [0.15, 0.2) is 0 Å². The normalized spacial score (nSPS) is 16.2. The van der Waals surface area contributed by atoms with Crippen LogP contribution in [0.15, 0.2) is 59.3 Å². The summed E-state index contributed by atoms with van der Waals surface area (Å²) in [4.78, 5) is 16.4. The molecule has 0 radical (unpaired) electrons. The number of thiophene rings is 1. The van der Waals surface area contributed by atoms with Crippen LogP contribution in [-0.4, -0.2) is 43.2 Å². The van der Waals surface area contributed by atoms with E-state index in [1.54, 1.807) is 29.5 Å². The second-order valence-corrected chi connectivity index (χ2v) is 12.0. The Morgan fingerprint density at radius 2 is 1.84 bits per heavy atom. The third kappa shape index (κ3) is 5.64. The Morgan fingerprint density at radius 3 is 2.35 bits per heavy atom. The van der Waals surface area contributed by atoms with E-state index in [1.165, 1.54) is 4.31 Å². The number of nitrogens with zero attached hydrogens (tertiary/aromatic N) is 2. The number of benzene rings is 1. The summed E-state index contributed by atoms with van der Waals surface area (Å²) in [6, 6.07) is 11.2. The molecule has 31 heavy (non-hydrogen) atoms. The zero-order valence-electron chi connectivity index (χ0n) is 18.6. The van der Waals surface area contributed by atoms with Crippen LogP contribution in [0.1, 0.15) is 44.1 Å². The maximum Gasteiger partial charge on any atom is 0.243 e. The van der Waals surface area contributed by atoms with Gasteiger partial charge in [-0.05, 0) is 47.4 Å². The van der Waals surface area contributed by atoms with Gasteiger partial charge in [0.1, 0.15) is 0 Å². The first-order chi connectivity index (χ1) is 14.6. The molecule has 0 bridgehead atoms. The maximum absolute atomic E-state index is 13.1. The van der Waals surface area contributed by atoms with Crippen molar-refractivity contribution in [3.05, 3.63) is 64.9 Å². The van der Waals surface area contributed by atoms with Gasteiger partial charge in [0, 0.05) is 30.4 Å². The fourth-order valence-electron chi connectivity index (χ4n) is 3.86. The molecule has 0 atom stereocenters. The first kappa shape index (κ1) is 23.7. The van der Waals surface area contributed by atoms with Crippen molar-refractivity contribution in [3.63, 3.8) is 0 Å². The van der Waals surface area contributed by atoms with E-state index in [-0.39, 0.29) is 17.2 Å². The van der Waals surface area contributed by atoms with Gasteiger partial charge in [-0.15, -0.1) is 17.9 Å². The molecule has 0 unspecified atom stereocenters. The van der Waals surface area contributed by atoms with Crippen molar-refractivity contribution in [2.45, 2.75) is 50.5 Å². The molecule has 2 aromatic rings. The summed E-state index contributed by atoms with van der Waals surface area (Å²) < 4.78 is 27.7. The predicted molar refractivity (Wildman–Crippen MR) is 127 cm³/mol. The van der Waals surface area contributed by atoms with Crippen LogP contribution >= 0.6 is 11.3 Å². The van der Waals surface area contributed by atoms with Crippen LogP contribution in [0.2, 0.25) is 0 Å². The summed E-state index contributed by atoms with van der Waals surface area (Å²) in [6.45, 7) is 11.9. The van der Waals surface area contributed by atoms with Crippen molar-refractivity contribution in [2.24, 2.45) is 5.92 Å². The quantitative estimate of drug-likeness (QED) is 0.565. The number of piperidine rings is 1. The molecule has 1 saturated heterocycles. The van der Waals surface area contributed by atoms with E-state index in [0.717, 1.165) is 10.4 Å². The predicted octanol–water partition coefficient (Wildman–Crippen LogP) is 4.66. The SMILES string of the molecule is C=CCN(Cc1cccs1)C(=O)C1CCN(S(=O)(=O)c2ccc(C(C)(C)C)cc2)CC1. The molecule has 1 aliphatic heterocycles. The lowest BCUT2D eigenvalue weighted by molar-refractivity contribution is -0.136. The number of sulfonamides is 1. The molecule has 0 spiro atoms. The number of carbonyl (C=O) groups excluding carboxylic acids is 1. The number of carbonyl (C=O) groups is 1. The van der Waals surface area contributed by atoms with E-state index in [4.69, 9.17) is 0 Å². The Balaban J connectivity index is 1.64. The maximum atomic E-state index is 13.1. The van der Waals surface area contributed by atoms with Crippen LogP contribution in [0.25, 0.3) is 0 Å². The third-order valence-corrected chi connectivity index (χ3v) is 8.52. The summed E-state index contributed by atoms with van der Waals surface area (Å²) in [5.41, 5.74) is 1.07. The molecule has 2 heterocycles. The minimum absolute atomic E-state index is 0.0264. The van der Waals surface area contributed by atoms with Gasteiger partial charge in [-0.3, -0.25) is 4.79 Å². The number of hydrogen-bond donors (Lipinski definition) is 0. The smallest absolute Gasteiger partial charge is 0.243 e. The van der Waals surface area contributed by atoms with Crippen molar-refractivity contribution in [3.8, 4) is 0 Å². The zero-order chi connectivity index (χ0) is 22.6. The van der Waals surface area contributed by atoms with Crippen molar-refractivity contribution < 1.29 is 13.2 Å². The fourth-order valence-corrected chi connectivity index (χ4v) is 6.05. The van der Waals surface area contributed by atoms with Crippen LogP contribution in [0.5, 0.6) is 0 Å². The Kier molecular flexibility index (Phi) is 7.39. The highest BCUT2D eigenvalue weighted by Gasteiger charge is 2.34. The average molecular weight is 461 g/mol. The monoisotopic (exact) mass is 460 g/mol. The van der Waals surface area contributed by atoms with E-state index >= 15 is 0 Å². The molecular weight excluding hydrogens is 428 g/mol. The Labute approximate surface area is 190 Å². The highest BCUT2D eigenvalue weighted by molar-refractivity contribution is 7.89. The van der Waals surface area contributed by atoms with Gasteiger partial charge in [0.2, 0.25) is 15.9 Å². The fraction of sp³-hybridized carbons (Fsp3) is 0.458. The van der Waals surface area contributed by atoms with Crippen LogP contribution in [-0.2, 0) is 26.8 Å². The Hall–Kier alpha value is -1.96. The molecule has 168 valence electrons. The summed E-state index contributed by atoms with van der Waals surface area (Å²) in [6.07, 6.45) is 2.82. The standard InChI is InChI=1S/C24H32N2O3S2/c1-5-14-25(18-21-7-6-17-30-21)23(27)19-12-15-26(16-13-19)31(28,29)22-10-8-20(9-11-22)24(2,3)4/h5-11,17,19H,1,12-16,18H2,2-4H3. The molecular formula is C24H32N2O3S2. The summed E-state index contributed by atoms with van der Waals surface area (Å²) in [5.74, 6) is -0.0745. The molecule has 1 fully saturated rings. The van der Waals surface area contributed by atoms with Gasteiger partial charge in [0.05, 0.1) is 11.4 Å². The van der Waals surface area contributed by atoms with Crippen LogP contribution < -0.4 is 0 Å². The van der Waals surface area contributed by atoms with Crippen molar-refractivity contribution in [2.75, 3.05) is 19.6 Å². The minimum Gasteiger partial charge on any atom is -0.334 e. The highest BCUT2D eigenvalue weighted by atomic mass is 32.2. The van der Waals surface area contributed by atoms with E-state index in [9.17, 15) is 13.2 Å². The molecule has 1 aromatic heterocycles. The first-order valence-electron chi connectivity index (χ1n) is 10.7. The highest BCUT2D eigenvalue weighted by Crippen LogP contribution is 2.28. The van der Waals surface area contributed by atoms with Gasteiger partial charge < -0.3 is 4.90 Å². The largest absolute Gasteiger partial charge is 0.334 e. The van der Waals surface area contributed by atoms with Gasteiger partial charge in [-0.2, -0.15) is 4.31 Å². The van der Waals surface area contributed by atoms with E-state index in [0.29, 0.717) is 43.9 Å². The summed E-state index contributed by atoms with van der Waals surface area (Å²) >= 11 is 1.63. The van der Waals surface area contributed by atoms with Crippen molar-refractivity contribution in [1.29, 1.82) is 0 Å². The second kappa shape index (κ2) is 9.67. The lowest BCUT2D eigenvalue weighted by Gasteiger charge is -2.33. The van der Waals surface area contributed by atoms with Crippen LogP contribution in [0.3, 0.4) is 0 Å². The molecule has 5 nitrogen and oxygen atoms in total. The minimum atomic E-state index is -3.55. The Bertz CT molecular complexity index is 982. The van der Waals surface area contributed by atoms with E-state index in [1.807, 2.05) is 34.5 Å². The molecule has 0 saturated carbocycles.